The molecular formula is C34H37F3N8O. The maximum atomic E-state index is 14.1. The van der Waals surface area contributed by atoms with Gasteiger partial charge in [-0.05, 0) is 73.8 Å². The predicted molar refractivity (Wildman–Crippen MR) is 173 cm³/mol. The van der Waals surface area contributed by atoms with Gasteiger partial charge in [-0.25, -0.2) is 15.0 Å². The molecule has 1 saturated heterocycles. The normalized spacial score (nSPS) is 15.8. The van der Waals surface area contributed by atoms with Crippen LogP contribution in [0.5, 0.6) is 0 Å². The number of hydrogen-bond acceptors (Lipinski definition) is 8. The number of amides is 1. The number of rotatable bonds is 10. The first kappa shape index (κ1) is 31.4. The van der Waals surface area contributed by atoms with E-state index < -0.39 is 17.6 Å². The minimum absolute atomic E-state index is 0.0617. The van der Waals surface area contributed by atoms with Gasteiger partial charge in [0.1, 0.15) is 18.0 Å². The standard InChI is InChI=1S/C34H37F3N8O/c1-3-44-13-15-45(16-14-44)20-24-8-7-23(17-28(24)34(35,36)37)33(46)42-26-9-6-22(2)29(18-26)43-32-27(5-4-12-38-32)30-19-31(40-21-39-30)41-25-10-11-25/h4-9,12,17-19,21,25H,3,10-11,13-16,20H2,1-2H3,(H,38,43)(H,42,46)(H,39,40,41). The Hall–Kier alpha value is -4.55. The van der Waals surface area contributed by atoms with Gasteiger partial charge in [-0.2, -0.15) is 13.2 Å². The number of piperazine rings is 1. The molecule has 0 bridgehead atoms. The summed E-state index contributed by atoms with van der Waals surface area (Å²) in [7, 11) is 0. The zero-order valence-corrected chi connectivity index (χ0v) is 25.9. The summed E-state index contributed by atoms with van der Waals surface area (Å²) < 4.78 is 42.4. The highest BCUT2D eigenvalue weighted by Crippen LogP contribution is 2.35. The van der Waals surface area contributed by atoms with Gasteiger partial charge in [-0.1, -0.05) is 19.1 Å². The lowest BCUT2D eigenvalue weighted by Gasteiger charge is -2.34. The van der Waals surface area contributed by atoms with E-state index in [4.69, 9.17) is 0 Å². The second-order valence-corrected chi connectivity index (χ2v) is 11.8. The van der Waals surface area contributed by atoms with Gasteiger partial charge in [-0.3, -0.25) is 9.69 Å². The number of anilines is 4. The quantitative estimate of drug-likeness (QED) is 0.181. The number of likely N-dealkylation sites (N-methyl/N-ethyl adjacent to an activating group) is 1. The summed E-state index contributed by atoms with van der Waals surface area (Å²) in [5, 5.41) is 9.50. The third kappa shape index (κ3) is 7.63. The molecule has 2 aliphatic rings. The number of carbonyl (C=O) groups is 1. The molecule has 6 rings (SSSR count). The summed E-state index contributed by atoms with van der Waals surface area (Å²) in [5.74, 6) is 0.685. The Morgan fingerprint density at radius 3 is 2.48 bits per heavy atom. The van der Waals surface area contributed by atoms with Crippen LogP contribution in [0.4, 0.5) is 36.2 Å². The molecule has 240 valence electrons. The van der Waals surface area contributed by atoms with Crippen LogP contribution < -0.4 is 16.0 Å². The molecule has 0 spiro atoms. The van der Waals surface area contributed by atoms with E-state index in [9.17, 15) is 18.0 Å². The summed E-state index contributed by atoms with van der Waals surface area (Å²) in [6, 6.07) is 15.2. The van der Waals surface area contributed by atoms with E-state index in [1.165, 1.54) is 18.5 Å². The molecule has 4 aromatic rings. The molecule has 46 heavy (non-hydrogen) atoms. The maximum absolute atomic E-state index is 14.1. The van der Waals surface area contributed by atoms with Gasteiger partial charge in [0, 0.05) is 73.5 Å². The van der Waals surface area contributed by atoms with Crippen LogP contribution in [0.15, 0.2) is 67.1 Å². The molecule has 1 saturated carbocycles. The molecule has 2 aromatic carbocycles. The first-order chi connectivity index (χ1) is 22.2. The molecule has 1 aliphatic carbocycles. The molecule has 0 atom stereocenters. The molecule has 1 aliphatic heterocycles. The number of carbonyl (C=O) groups excluding carboxylic acids is 1. The Labute approximate surface area is 266 Å². The lowest BCUT2D eigenvalue weighted by molar-refractivity contribution is -0.138. The van der Waals surface area contributed by atoms with Gasteiger partial charge >= 0.3 is 6.18 Å². The van der Waals surface area contributed by atoms with Crippen molar-refractivity contribution in [2.75, 3.05) is 48.7 Å². The number of benzene rings is 2. The number of aromatic nitrogens is 3. The van der Waals surface area contributed by atoms with E-state index in [1.54, 1.807) is 18.3 Å². The highest BCUT2D eigenvalue weighted by molar-refractivity contribution is 6.04. The Kier molecular flexibility index (Phi) is 9.18. The number of nitrogens with zero attached hydrogens (tertiary/aromatic N) is 5. The molecule has 0 radical (unpaired) electrons. The third-order valence-electron chi connectivity index (χ3n) is 8.41. The zero-order chi connectivity index (χ0) is 32.3. The number of pyridine rings is 1. The number of hydrogen-bond donors (Lipinski definition) is 3. The van der Waals surface area contributed by atoms with Crippen molar-refractivity contribution in [1.29, 1.82) is 0 Å². The van der Waals surface area contributed by atoms with Crippen LogP contribution in [-0.2, 0) is 12.7 Å². The maximum Gasteiger partial charge on any atom is 0.416 e. The van der Waals surface area contributed by atoms with Crippen molar-refractivity contribution in [3.05, 3.63) is 89.4 Å². The average molecular weight is 631 g/mol. The first-order valence-corrected chi connectivity index (χ1v) is 15.5. The molecule has 0 unspecified atom stereocenters. The fraction of sp³-hybridized carbons (Fsp3) is 0.353. The topological polar surface area (TPSA) is 98.3 Å². The molecule has 9 nitrogen and oxygen atoms in total. The van der Waals surface area contributed by atoms with Crippen molar-refractivity contribution < 1.29 is 18.0 Å². The fourth-order valence-corrected chi connectivity index (χ4v) is 5.52. The highest BCUT2D eigenvalue weighted by atomic mass is 19.4. The first-order valence-electron chi connectivity index (χ1n) is 15.5. The highest BCUT2D eigenvalue weighted by Gasteiger charge is 2.35. The van der Waals surface area contributed by atoms with Crippen LogP contribution in [-0.4, -0.2) is 69.4 Å². The fourth-order valence-electron chi connectivity index (χ4n) is 5.52. The van der Waals surface area contributed by atoms with Crippen LogP contribution in [0, 0.1) is 6.92 Å². The van der Waals surface area contributed by atoms with Crippen LogP contribution in [0.25, 0.3) is 11.3 Å². The van der Waals surface area contributed by atoms with E-state index in [2.05, 4.69) is 42.7 Å². The van der Waals surface area contributed by atoms with E-state index in [0.717, 1.165) is 55.5 Å². The number of aryl methyl sites for hydroxylation is 1. The minimum Gasteiger partial charge on any atom is -0.367 e. The van der Waals surface area contributed by atoms with Crippen molar-refractivity contribution in [3.63, 3.8) is 0 Å². The average Bonchev–Trinajstić information content (AvgIpc) is 3.87. The summed E-state index contributed by atoms with van der Waals surface area (Å²) >= 11 is 0. The number of halogens is 3. The summed E-state index contributed by atoms with van der Waals surface area (Å²) in [6.45, 7) is 8.16. The SMILES string of the molecule is CCN1CCN(Cc2ccc(C(=O)Nc3ccc(C)c(Nc4ncccc4-c4cc(NC5CC5)ncn4)c3)cc2C(F)(F)F)CC1. The van der Waals surface area contributed by atoms with Crippen LogP contribution in [0.3, 0.4) is 0 Å². The Balaban J connectivity index is 1.18. The Bertz CT molecular complexity index is 1700. The van der Waals surface area contributed by atoms with E-state index in [0.29, 0.717) is 42.0 Å². The molecule has 2 aromatic heterocycles. The minimum atomic E-state index is -4.59. The number of nitrogens with one attached hydrogen (secondary N) is 3. The molecule has 2 fully saturated rings. The van der Waals surface area contributed by atoms with Crippen LogP contribution in [0.1, 0.15) is 46.8 Å². The van der Waals surface area contributed by atoms with Gasteiger partial charge in [0.05, 0.1) is 11.3 Å². The van der Waals surface area contributed by atoms with E-state index >= 15 is 0 Å². The van der Waals surface area contributed by atoms with Crippen molar-refractivity contribution in [2.24, 2.45) is 0 Å². The number of alkyl halides is 3. The Morgan fingerprint density at radius 1 is 0.957 bits per heavy atom. The lowest BCUT2D eigenvalue weighted by Crippen LogP contribution is -2.45. The van der Waals surface area contributed by atoms with E-state index in [-0.39, 0.29) is 17.7 Å². The molecule has 1 amide bonds. The lowest BCUT2D eigenvalue weighted by atomic mass is 10.0. The predicted octanol–water partition coefficient (Wildman–Crippen LogP) is 6.57. The van der Waals surface area contributed by atoms with Crippen molar-refractivity contribution >= 4 is 28.9 Å². The summed E-state index contributed by atoms with van der Waals surface area (Å²) in [4.78, 5) is 30.8. The van der Waals surface area contributed by atoms with Crippen molar-refractivity contribution in [2.45, 2.75) is 45.5 Å². The van der Waals surface area contributed by atoms with Crippen molar-refractivity contribution in [1.82, 2.24) is 24.8 Å². The van der Waals surface area contributed by atoms with Crippen LogP contribution in [0.2, 0.25) is 0 Å². The zero-order valence-electron chi connectivity index (χ0n) is 25.9. The third-order valence-corrected chi connectivity index (χ3v) is 8.41. The second kappa shape index (κ2) is 13.4. The van der Waals surface area contributed by atoms with Gasteiger partial charge in [0.2, 0.25) is 0 Å². The van der Waals surface area contributed by atoms with Crippen LogP contribution >= 0.6 is 0 Å². The Morgan fingerprint density at radius 2 is 1.74 bits per heavy atom. The van der Waals surface area contributed by atoms with Gasteiger partial charge in [-0.15, -0.1) is 0 Å². The smallest absolute Gasteiger partial charge is 0.367 e. The van der Waals surface area contributed by atoms with Gasteiger partial charge in [0.25, 0.3) is 5.91 Å². The van der Waals surface area contributed by atoms with Crippen molar-refractivity contribution in [3.8, 4) is 11.3 Å². The summed E-state index contributed by atoms with van der Waals surface area (Å²) in [6.07, 6.45) is 0.845. The van der Waals surface area contributed by atoms with E-state index in [1.807, 2.05) is 36.1 Å². The molecule has 3 N–H and O–H groups in total. The molecular weight excluding hydrogens is 593 g/mol. The molecule has 3 heterocycles. The summed E-state index contributed by atoms with van der Waals surface area (Å²) in [5.41, 5.74) is 2.78. The largest absolute Gasteiger partial charge is 0.416 e. The monoisotopic (exact) mass is 630 g/mol. The molecule has 12 heteroatoms. The van der Waals surface area contributed by atoms with Gasteiger partial charge < -0.3 is 20.9 Å². The second-order valence-electron chi connectivity index (χ2n) is 11.8. The van der Waals surface area contributed by atoms with Gasteiger partial charge in [0.15, 0.2) is 0 Å².